The van der Waals surface area contributed by atoms with E-state index < -0.39 is 0 Å². The Labute approximate surface area is 229 Å². The lowest BCUT2D eigenvalue weighted by Crippen LogP contribution is -2.38. The van der Waals surface area contributed by atoms with Crippen LogP contribution in [-0.2, 0) is 4.79 Å². The van der Waals surface area contributed by atoms with Crippen molar-refractivity contribution in [3.05, 3.63) is 78.8 Å². The number of amides is 1. The molecule has 1 amide bonds. The number of carbonyl (C=O) groups excluding carboxylic acids is 1. The number of para-hydroxylation sites is 1. The SMILES string of the molecule is COc1ccc2cccnc2c1N1CCCN(C(CC(=O)N2CCCC2)c2ccn(-c3ccccc3)n2)CC1. The van der Waals surface area contributed by atoms with Crippen LogP contribution in [0.1, 0.15) is 37.4 Å². The maximum atomic E-state index is 13.4. The zero-order chi connectivity index (χ0) is 26.6. The van der Waals surface area contributed by atoms with E-state index in [0.29, 0.717) is 6.42 Å². The lowest BCUT2D eigenvalue weighted by molar-refractivity contribution is -0.131. The van der Waals surface area contributed by atoms with Crippen molar-refractivity contribution in [2.45, 2.75) is 31.7 Å². The first-order chi connectivity index (χ1) is 19.2. The topological polar surface area (TPSA) is 66.7 Å². The summed E-state index contributed by atoms with van der Waals surface area (Å²) in [6, 6.07) is 20.3. The molecular formula is C31H36N6O2. The molecule has 0 spiro atoms. The first kappa shape index (κ1) is 25.4. The number of carbonyl (C=O) groups is 1. The van der Waals surface area contributed by atoms with Crippen molar-refractivity contribution < 1.29 is 9.53 Å². The number of fused-ring (bicyclic) bond motifs is 1. The summed E-state index contributed by atoms with van der Waals surface area (Å²) in [5.41, 5.74) is 3.98. The second kappa shape index (κ2) is 11.5. The van der Waals surface area contributed by atoms with E-state index in [1.165, 1.54) is 0 Å². The molecule has 2 aromatic carbocycles. The molecule has 202 valence electrons. The molecule has 0 bridgehead atoms. The van der Waals surface area contributed by atoms with Crippen LogP contribution in [0.3, 0.4) is 0 Å². The van der Waals surface area contributed by atoms with Crippen molar-refractivity contribution in [2.24, 2.45) is 0 Å². The van der Waals surface area contributed by atoms with Gasteiger partial charge < -0.3 is 14.5 Å². The van der Waals surface area contributed by atoms with Gasteiger partial charge in [-0.2, -0.15) is 5.10 Å². The molecule has 8 heteroatoms. The smallest absolute Gasteiger partial charge is 0.224 e. The fraction of sp³-hybridized carbons (Fsp3) is 0.387. The van der Waals surface area contributed by atoms with Crippen molar-refractivity contribution in [2.75, 3.05) is 51.3 Å². The minimum absolute atomic E-state index is 0.0736. The number of rotatable bonds is 7. The highest BCUT2D eigenvalue weighted by molar-refractivity contribution is 5.94. The van der Waals surface area contributed by atoms with E-state index in [2.05, 4.69) is 40.1 Å². The Kier molecular flexibility index (Phi) is 7.45. The minimum Gasteiger partial charge on any atom is -0.494 e. The minimum atomic E-state index is -0.0736. The number of aromatic nitrogens is 3. The molecule has 6 rings (SSSR count). The third-order valence-electron chi connectivity index (χ3n) is 8.02. The van der Waals surface area contributed by atoms with E-state index in [9.17, 15) is 4.79 Å². The zero-order valence-corrected chi connectivity index (χ0v) is 22.6. The molecule has 1 atom stereocenters. The number of benzene rings is 2. The number of hydrogen-bond donors (Lipinski definition) is 0. The Morgan fingerprint density at radius 3 is 2.56 bits per heavy atom. The van der Waals surface area contributed by atoms with Crippen LogP contribution in [0.25, 0.3) is 16.6 Å². The lowest BCUT2D eigenvalue weighted by atomic mass is 10.1. The number of anilines is 1. The van der Waals surface area contributed by atoms with E-state index in [0.717, 1.165) is 92.3 Å². The van der Waals surface area contributed by atoms with Gasteiger partial charge in [-0.25, -0.2) is 4.68 Å². The van der Waals surface area contributed by atoms with Gasteiger partial charge >= 0.3 is 0 Å². The van der Waals surface area contributed by atoms with Crippen LogP contribution in [-0.4, -0.2) is 76.8 Å². The van der Waals surface area contributed by atoms with Gasteiger partial charge in [0.1, 0.15) is 11.4 Å². The molecule has 39 heavy (non-hydrogen) atoms. The van der Waals surface area contributed by atoms with Gasteiger partial charge in [0.15, 0.2) is 0 Å². The summed E-state index contributed by atoms with van der Waals surface area (Å²) in [7, 11) is 1.72. The fourth-order valence-electron chi connectivity index (χ4n) is 5.98. The van der Waals surface area contributed by atoms with Crippen molar-refractivity contribution in [3.8, 4) is 11.4 Å². The predicted molar refractivity (Wildman–Crippen MR) is 153 cm³/mol. The normalized spacial score (nSPS) is 17.4. The van der Waals surface area contributed by atoms with Crippen LogP contribution in [0.5, 0.6) is 5.75 Å². The second-order valence-corrected chi connectivity index (χ2v) is 10.4. The van der Waals surface area contributed by atoms with Crippen LogP contribution >= 0.6 is 0 Å². The van der Waals surface area contributed by atoms with Gasteiger partial charge in [-0.15, -0.1) is 0 Å². The van der Waals surface area contributed by atoms with E-state index in [-0.39, 0.29) is 11.9 Å². The molecule has 0 N–H and O–H groups in total. The number of likely N-dealkylation sites (tertiary alicyclic amines) is 1. The van der Waals surface area contributed by atoms with Crippen molar-refractivity contribution in [1.29, 1.82) is 0 Å². The third-order valence-corrected chi connectivity index (χ3v) is 8.02. The Balaban J connectivity index is 1.27. The highest BCUT2D eigenvalue weighted by Crippen LogP contribution is 2.36. The van der Waals surface area contributed by atoms with Gasteiger partial charge in [-0.3, -0.25) is 14.7 Å². The summed E-state index contributed by atoms with van der Waals surface area (Å²) >= 11 is 0. The summed E-state index contributed by atoms with van der Waals surface area (Å²) in [4.78, 5) is 25.0. The molecule has 0 saturated carbocycles. The quantitative estimate of drug-likeness (QED) is 0.349. The van der Waals surface area contributed by atoms with Crippen LogP contribution in [0.15, 0.2) is 73.1 Å². The maximum Gasteiger partial charge on any atom is 0.224 e. The van der Waals surface area contributed by atoms with Gasteiger partial charge in [-0.05, 0) is 55.7 Å². The van der Waals surface area contributed by atoms with Crippen LogP contribution < -0.4 is 9.64 Å². The molecule has 1 unspecified atom stereocenters. The van der Waals surface area contributed by atoms with Gasteiger partial charge in [0.05, 0.1) is 30.0 Å². The van der Waals surface area contributed by atoms with Crippen LogP contribution in [0.4, 0.5) is 5.69 Å². The molecular weight excluding hydrogens is 488 g/mol. The fourth-order valence-corrected chi connectivity index (χ4v) is 5.98. The van der Waals surface area contributed by atoms with Crippen molar-refractivity contribution in [3.63, 3.8) is 0 Å². The number of methoxy groups -OCH3 is 1. The molecule has 2 saturated heterocycles. The van der Waals surface area contributed by atoms with Gasteiger partial charge in [0.2, 0.25) is 5.91 Å². The summed E-state index contributed by atoms with van der Waals surface area (Å²) in [6.07, 6.45) is 7.47. The van der Waals surface area contributed by atoms with E-state index in [1.54, 1.807) is 7.11 Å². The zero-order valence-electron chi connectivity index (χ0n) is 22.6. The molecule has 0 aliphatic carbocycles. The maximum absolute atomic E-state index is 13.4. The first-order valence-electron chi connectivity index (χ1n) is 14.0. The highest BCUT2D eigenvalue weighted by atomic mass is 16.5. The van der Waals surface area contributed by atoms with Crippen molar-refractivity contribution in [1.82, 2.24) is 24.6 Å². The monoisotopic (exact) mass is 524 g/mol. The standard InChI is InChI=1S/C31H36N6O2/c1-39-28-13-12-24-9-7-15-32-30(24)31(28)36-19-8-18-34(21-22-36)27(23-29(38)35-16-5-6-17-35)26-14-20-37(33-26)25-10-3-2-4-11-25/h2-4,7,9-15,20,27H,5-6,8,16-19,21-23H2,1H3. The third kappa shape index (κ3) is 5.34. The van der Waals surface area contributed by atoms with Gasteiger partial charge in [-0.1, -0.05) is 24.3 Å². The summed E-state index contributed by atoms with van der Waals surface area (Å²) in [5.74, 6) is 1.07. The molecule has 8 nitrogen and oxygen atoms in total. The number of nitrogens with zero attached hydrogens (tertiary/aromatic N) is 6. The molecule has 2 aliphatic rings. The largest absolute Gasteiger partial charge is 0.494 e. The lowest BCUT2D eigenvalue weighted by Gasteiger charge is -2.31. The van der Waals surface area contributed by atoms with Gasteiger partial charge in [0, 0.05) is 63.5 Å². The van der Waals surface area contributed by atoms with Crippen LogP contribution in [0.2, 0.25) is 0 Å². The summed E-state index contributed by atoms with van der Waals surface area (Å²) in [6.45, 7) is 5.17. The summed E-state index contributed by atoms with van der Waals surface area (Å²) in [5, 5.41) is 6.08. The second-order valence-electron chi connectivity index (χ2n) is 10.4. The first-order valence-corrected chi connectivity index (χ1v) is 14.0. The molecule has 4 heterocycles. The molecule has 4 aromatic rings. The molecule has 2 aliphatic heterocycles. The number of pyridine rings is 1. The average molecular weight is 525 g/mol. The van der Waals surface area contributed by atoms with Crippen LogP contribution in [0, 0.1) is 0 Å². The van der Waals surface area contributed by atoms with E-state index in [1.807, 2.05) is 52.3 Å². The Morgan fingerprint density at radius 1 is 0.897 bits per heavy atom. The average Bonchev–Trinajstić information content (AvgIpc) is 3.65. The Hall–Kier alpha value is -3.91. The van der Waals surface area contributed by atoms with E-state index in [4.69, 9.17) is 14.8 Å². The summed E-state index contributed by atoms with van der Waals surface area (Å²) < 4.78 is 7.70. The number of hydrogen-bond acceptors (Lipinski definition) is 6. The molecule has 0 radical (unpaired) electrons. The molecule has 2 aromatic heterocycles. The Morgan fingerprint density at radius 2 is 1.74 bits per heavy atom. The highest BCUT2D eigenvalue weighted by Gasteiger charge is 2.31. The van der Waals surface area contributed by atoms with Crippen molar-refractivity contribution >= 4 is 22.5 Å². The Bertz CT molecular complexity index is 1420. The number of ether oxygens (including phenoxy) is 1. The van der Waals surface area contributed by atoms with Gasteiger partial charge in [0.25, 0.3) is 0 Å². The van der Waals surface area contributed by atoms with E-state index >= 15 is 0 Å². The predicted octanol–water partition coefficient (Wildman–Crippen LogP) is 4.70. The molecule has 2 fully saturated rings.